The molecule has 6 nitrogen and oxygen atoms in total. The number of halogens is 3. The molecule has 0 aliphatic carbocycles. The number of aliphatic imine (C=N–C) groups is 1. The summed E-state index contributed by atoms with van der Waals surface area (Å²) in [4.78, 5) is 19.5. The highest BCUT2D eigenvalue weighted by molar-refractivity contribution is 5.83. The van der Waals surface area contributed by atoms with Gasteiger partial charge in [-0.15, -0.1) is 0 Å². The molecule has 0 atom stereocenters. The van der Waals surface area contributed by atoms with Crippen LogP contribution in [0.25, 0.3) is 0 Å². The van der Waals surface area contributed by atoms with Crippen LogP contribution < -0.4 is 10.2 Å². The highest BCUT2D eigenvalue weighted by Gasteiger charge is 2.33. The van der Waals surface area contributed by atoms with Crippen LogP contribution in [0.1, 0.15) is 12.5 Å². The van der Waals surface area contributed by atoms with E-state index >= 15 is 0 Å². The third-order valence-electron chi connectivity index (χ3n) is 4.04. The standard InChI is InChI=1S/C17H19F3N4O2/c1-2-26-15(25)9-23-8-12-7-21-10-22-16(12)24(11-23)14-5-3-4-13(6-14)17(18,19)20/h3-7,22H,2,8-11H2,1H3. The Morgan fingerprint density at radius 1 is 1.38 bits per heavy atom. The number of nitrogens with zero attached hydrogens (tertiary/aromatic N) is 3. The topological polar surface area (TPSA) is 57.2 Å². The lowest BCUT2D eigenvalue weighted by molar-refractivity contribution is -0.144. The second-order valence-corrected chi connectivity index (χ2v) is 5.93. The quantitative estimate of drug-likeness (QED) is 0.826. The van der Waals surface area contributed by atoms with E-state index in [1.54, 1.807) is 29.0 Å². The van der Waals surface area contributed by atoms with Crippen molar-refractivity contribution in [1.82, 2.24) is 10.2 Å². The Kier molecular flexibility index (Phi) is 5.17. The summed E-state index contributed by atoms with van der Waals surface area (Å²) in [6, 6.07) is 5.13. The first-order chi connectivity index (χ1) is 12.4. The molecule has 2 aliphatic rings. The number of ether oxygens (including phenoxy) is 1. The first-order valence-corrected chi connectivity index (χ1v) is 8.18. The van der Waals surface area contributed by atoms with Crippen LogP contribution in [0.5, 0.6) is 0 Å². The fourth-order valence-electron chi connectivity index (χ4n) is 2.95. The first-order valence-electron chi connectivity index (χ1n) is 8.18. The Labute approximate surface area is 148 Å². The zero-order chi connectivity index (χ0) is 18.7. The zero-order valence-corrected chi connectivity index (χ0v) is 14.2. The van der Waals surface area contributed by atoms with Crippen LogP contribution in [-0.4, -0.2) is 50.1 Å². The largest absolute Gasteiger partial charge is 0.465 e. The van der Waals surface area contributed by atoms with Crippen LogP contribution in [0.4, 0.5) is 18.9 Å². The minimum absolute atomic E-state index is 0.0495. The number of hydrogen-bond donors (Lipinski definition) is 1. The lowest BCUT2D eigenvalue weighted by Crippen LogP contribution is -2.50. The molecule has 2 aliphatic heterocycles. The van der Waals surface area contributed by atoms with Crippen molar-refractivity contribution < 1.29 is 22.7 Å². The van der Waals surface area contributed by atoms with Crippen molar-refractivity contribution in [2.45, 2.75) is 13.1 Å². The maximum atomic E-state index is 13.1. The number of carbonyl (C=O) groups excluding carboxylic acids is 1. The van der Waals surface area contributed by atoms with Gasteiger partial charge >= 0.3 is 12.1 Å². The van der Waals surface area contributed by atoms with Gasteiger partial charge in [-0.1, -0.05) is 6.07 Å². The number of alkyl halides is 3. The van der Waals surface area contributed by atoms with E-state index in [9.17, 15) is 18.0 Å². The summed E-state index contributed by atoms with van der Waals surface area (Å²) in [5, 5.41) is 3.11. The van der Waals surface area contributed by atoms with Crippen LogP contribution in [0, 0.1) is 0 Å². The van der Waals surface area contributed by atoms with Crippen LogP contribution in [0.2, 0.25) is 0 Å². The number of esters is 1. The van der Waals surface area contributed by atoms with Crippen molar-refractivity contribution >= 4 is 17.9 Å². The molecule has 0 fully saturated rings. The number of anilines is 1. The Hall–Kier alpha value is -2.55. The molecule has 0 unspecified atom stereocenters. The summed E-state index contributed by atoms with van der Waals surface area (Å²) >= 11 is 0. The average Bonchev–Trinajstić information content (AvgIpc) is 2.60. The molecule has 0 spiro atoms. The van der Waals surface area contributed by atoms with Gasteiger partial charge in [0, 0.05) is 24.0 Å². The number of nitrogens with one attached hydrogen (secondary N) is 1. The van der Waals surface area contributed by atoms with Gasteiger partial charge in [-0.05, 0) is 25.1 Å². The molecule has 2 heterocycles. The molecule has 0 aromatic heterocycles. The molecule has 0 bridgehead atoms. The molecule has 0 amide bonds. The van der Waals surface area contributed by atoms with Gasteiger partial charge < -0.3 is 15.0 Å². The molecule has 0 saturated carbocycles. The van der Waals surface area contributed by atoms with E-state index in [4.69, 9.17) is 4.74 Å². The Morgan fingerprint density at radius 2 is 2.19 bits per heavy atom. The maximum absolute atomic E-state index is 13.1. The fraction of sp³-hybridized carbons (Fsp3) is 0.412. The lowest BCUT2D eigenvalue weighted by Gasteiger charge is -2.40. The fourth-order valence-corrected chi connectivity index (χ4v) is 2.95. The molecule has 9 heteroatoms. The molecule has 1 aromatic carbocycles. The minimum atomic E-state index is -4.42. The normalized spacial score (nSPS) is 17.8. The summed E-state index contributed by atoms with van der Waals surface area (Å²) in [5.41, 5.74) is 0.483. The van der Waals surface area contributed by atoms with Gasteiger partial charge in [0.2, 0.25) is 0 Å². The second-order valence-electron chi connectivity index (χ2n) is 5.93. The molecule has 140 valence electrons. The van der Waals surface area contributed by atoms with Crippen LogP contribution in [0.3, 0.4) is 0 Å². The molecular weight excluding hydrogens is 349 g/mol. The number of rotatable bonds is 4. The first kappa shape index (κ1) is 18.2. The van der Waals surface area contributed by atoms with E-state index in [1.165, 1.54) is 6.07 Å². The van der Waals surface area contributed by atoms with E-state index in [-0.39, 0.29) is 25.8 Å². The Balaban J connectivity index is 1.91. The molecule has 3 rings (SSSR count). The molecule has 26 heavy (non-hydrogen) atoms. The summed E-state index contributed by atoms with van der Waals surface area (Å²) in [7, 11) is 0. The van der Waals surface area contributed by atoms with Gasteiger partial charge in [0.25, 0.3) is 0 Å². The van der Waals surface area contributed by atoms with E-state index < -0.39 is 11.7 Å². The van der Waals surface area contributed by atoms with Crippen LogP contribution >= 0.6 is 0 Å². The minimum Gasteiger partial charge on any atom is -0.465 e. The molecular formula is C17H19F3N4O2. The molecule has 0 saturated heterocycles. The number of carbonyl (C=O) groups is 1. The van der Waals surface area contributed by atoms with Crippen molar-refractivity contribution in [3.63, 3.8) is 0 Å². The average molecular weight is 368 g/mol. The molecule has 0 radical (unpaired) electrons. The zero-order valence-electron chi connectivity index (χ0n) is 14.2. The van der Waals surface area contributed by atoms with Gasteiger partial charge in [-0.3, -0.25) is 14.7 Å². The monoisotopic (exact) mass is 368 g/mol. The lowest BCUT2D eigenvalue weighted by atomic mass is 10.1. The van der Waals surface area contributed by atoms with Gasteiger partial charge in [0.1, 0.15) is 12.5 Å². The summed E-state index contributed by atoms with van der Waals surface area (Å²) < 4.78 is 44.2. The van der Waals surface area contributed by atoms with Gasteiger partial charge in [0.15, 0.2) is 0 Å². The predicted molar refractivity (Wildman–Crippen MR) is 90.5 cm³/mol. The number of hydrogen-bond acceptors (Lipinski definition) is 6. The SMILES string of the molecule is CCOC(=O)CN1CC2=C(NCN=C2)N(c2cccc(C(F)(F)F)c2)C1. The highest BCUT2D eigenvalue weighted by atomic mass is 19.4. The summed E-state index contributed by atoms with van der Waals surface area (Å²) in [5.74, 6) is 0.334. The Bertz CT molecular complexity index is 746. The van der Waals surface area contributed by atoms with Gasteiger partial charge in [-0.25, -0.2) is 0 Å². The van der Waals surface area contributed by atoms with Crippen molar-refractivity contribution in [3.05, 3.63) is 41.2 Å². The van der Waals surface area contributed by atoms with Crippen molar-refractivity contribution in [2.24, 2.45) is 4.99 Å². The van der Waals surface area contributed by atoms with Crippen molar-refractivity contribution in [1.29, 1.82) is 0 Å². The van der Waals surface area contributed by atoms with E-state index in [0.717, 1.165) is 17.7 Å². The van der Waals surface area contributed by atoms with Gasteiger partial charge in [-0.2, -0.15) is 13.2 Å². The summed E-state index contributed by atoms with van der Waals surface area (Å²) in [6.07, 6.45) is -2.74. The van der Waals surface area contributed by atoms with Crippen molar-refractivity contribution in [3.8, 4) is 0 Å². The van der Waals surface area contributed by atoms with E-state index in [0.29, 0.717) is 24.7 Å². The molecule has 1 aromatic rings. The van der Waals surface area contributed by atoms with E-state index in [1.807, 2.05) is 0 Å². The van der Waals surface area contributed by atoms with Crippen molar-refractivity contribution in [2.75, 3.05) is 37.9 Å². The predicted octanol–water partition coefficient (Wildman–Crippen LogP) is 2.19. The highest BCUT2D eigenvalue weighted by Crippen LogP contribution is 2.33. The van der Waals surface area contributed by atoms with Crippen LogP contribution in [-0.2, 0) is 15.7 Å². The second kappa shape index (κ2) is 7.36. The van der Waals surface area contributed by atoms with E-state index in [2.05, 4.69) is 10.3 Å². The third kappa shape index (κ3) is 3.98. The summed E-state index contributed by atoms with van der Waals surface area (Å²) in [6.45, 7) is 3.13. The number of benzene rings is 1. The Morgan fingerprint density at radius 3 is 2.92 bits per heavy atom. The maximum Gasteiger partial charge on any atom is 0.416 e. The third-order valence-corrected chi connectivity index (χ3v) is 4.04. The van der Waals surface area contributed by atoms with Gasteiger partial charge in [0.05, 0.1) is 25.4 Å². The molecule has 1 N–H and O–H groups in total. The van der Waals surface area contributed by atoms with Crippen LogP contribution in [0.15, 0.2) is 40.7 Å². The smallest absolute Gasteiger partial charge is 0.416 e.